The standard InChI is InChI=1S/C17H29N3O2.HI/c1-5-6-9-12-19-17(18-3)20-13-14(2)22-16-11-8-7-10-15(16)21-4;/h7-8,10-11,14H,5-6,9,12-13H2,1-4H3,(H2,18,19,20);1H. The molecule has 0 saturated heterocycles. The van der Waals surface area contributed by atoms with Crippen molar-refractivity contribution in [3.63, 3.8) is 0 Å². The summed E-state index contributed by atoms with van der Waals surface area (Å²) in [6.45, 7) is 5.83. The molecule has 1 rings (SSSR count). The van der Waals surface area contributed by atoms with Crippen molar-refractivity contribution in [3.8, 4) is 11.5 Å². The van der Waals surface area contributed by atoms with E-state index in [0.29, 0.717) is 6.54 Å². The van der Waals surface area contributed by atoms with Crippen molar-refractivity contribution in [2.75, 3.05) is 27.2 Å². The molecule has 0 fully saturated rings. The molecule has 1 aromatic carbocycles. The largest absolute Gasteiger partial charge is 0.493 e. The van der Waals surface area contributed by atoms with Crippen LogP contribution in [0.3, 0.4) is 0 Å². The van der Waals surface area contributed by atoms with Crippen molar-refractivity contribution in [2.45, 2.75) is 39.2 Å². The predicted octanol–water partition coefficient (Wildman–Crippen LogP) is 3.44. The van der Waals surface area contributed by atoms with Gasteiger partial charge in [0.05, 0.1) is 13.7 Å². The second-order valence-electron chi connectivity index (χ2n) is 5.17. The molecule has 0 aliphatic rings. The van der Waals surface area contributed by atoms with E-state index in [1.165, 1.54) is 12.8 Å². The molecule has 0 bridgehead atoms. The second kappa shape index (κ2) is 13.3. The van der Waals surface area contributed by atoms with E-state index in [1.807, 2.05) is 31.2 Å². The average Bonchev–Trinajstić information content (AvgIpc) is 2.54. The Morgan fingerprint density at radius 1 is 1.17 bits per heavy atom. The molecule has 1 atom stereocenters. The third-order valence-electron chi connectivity index (χ3n) is 3.25. The summed E-state index contributed by atoms with van der Waals surface area (Å²) < 4.78 is 11.2. The van der Waals surface area contributed by atoms with Crippen molar-refractivity contribution in [1.82, 2.24) is 10.6 Å². The Balaban J connectivity index is 0.00000484. The van der Waals surface area contributed by atoms with Gasteiger partial charge in [-0.3, -0.25) is 4.99 Å². The second-order valence-corrected chi connectivity index (χ2v) is 5.17. The summed E-state index contributed by atoms with van der Waals surface area (Å²) >= 11 is 0. The number of aliphatic imine (C=N–C) groups is 1. The van der Waals surface area contributed by atoms with Gasteiger partial charge >= 0.3 is 0 Å². The Kier molecular flexibility index (Phi) is 12.6. The van der Waals surface area contributed by atoms with Crippen LogP contribution in [0.1, 0.15) is 33.1 Å². The number of rotatable bonds is 9. The van der Waals surface area contributed by atoms with E-state index in [1.54, 1.807) is 14.2 Å². The van der Waals surface area contributed by atoms with Crippen LogP contribution in [0.25, 0.3) is 0 Å². The Bertz CT molecular complexity index is 455. The zero-order valence-corrected chi connectivity index (χ0v) is 16.9. The van der Waals surface area contributed by atoms with Crippen LogP contribution in [0.4, 0.5) is 0 Å². The average molecular weight is 435 g/mol. The van der Waals surface area contributed by atoms with Crippen LogP contribution in [0.15, 0.2) is 29.3 Å². The van der Waals surface area contributed by atoms with E-state index >= 15 is 0 Å². The van der Waals surface area contributed by atoms with Crippen molar-refractivity contribution < 1.29 is 9.47 Å². The van der Waals surface area contributed by atoms with Crippen LogP contribution in [-0.2, 0) is 0 Å². The first-order valence-corrected chi connectivity index (χ1v) is 7.95. The van der Waals surface area contributed by atoms with Crippen LogP contribution in [0.2, 0.25) is 0 Å². The minimum atomic E-state index is 0. The third-order valence-corrected chi connectivity index (χ3v) is 3.25. The summed E-state index contributed by atoms with van der Waals surface area (Å²) in [7, 11) is 3.42. The van der Waals surface area contributed by atoms with E-state index in [9.17, 15) is 0 Å². The number of ether oxygens (including phenoxy) is 2. The van der Waals surface area contributed by atoms with Crippen molar-refractivity contribution in [1.29, 1.82) is 0 Å². The summed E-state index contributed by atoms with van der Waals surface area (Å²) in [5.74, 6) is 2.31. The summed E-state index contributed by atoms with van der Waals surface area (Å²) in [6.07, 6.45) is 3.62. The number of nitrogens with one attached hydrogen (secondary N) is 2. The quantitative estimate of drug-likeness (QED) is 0.270. The first-order chi connectivity index (χ1) is 10.7. The molecule has 23 heavy (non-hydrogen) atoms. The molecule has 0 heterocycles. The molecule has 6 heteroatoms. The molecule has 1 aromatic rings. The maximum absolute atomic E-state index is 5.90. The van der Waals surface area contributed by atoms with Crippen molar-refractivity contribution in [2.24, 2.45) is 4.99 Å². The molecular formula is C17H30IN3O2. The van der Waals surface area contributed by atoms with Crippen LogP contribution in [0, 0.1) is 0 Å². The van der Waals surface area contributed by atoms with Gasteiger partial charge in [-0.25, -0.2) is 0 Å². The number of guanidine groups is 1. The van der Waals surface area contributed by atoms with Gasteiger partial charge in [-0.2, -0.15) is 0 Å². The first kappa shape index (κ1) is 21.8. The molecule has 5 nitrogen and oxygen atoms in total. The Morgan fingerprint density at radius 2 is 1.87 bits per heavy atom. The summed E-state index contributed by atoms with van der Waals surface area (Å²) in [4.78, 5) is 4.21. The maximum Gasteiger partial charge on any atom is 0.191 e. The highest BCUT2D eigenvalue weighted by molar-refractivity contribution is 14.0. The van der Waals surface area contributed by atoms with E-state index in [0.717, 1.165) is 30.4 Å². The lowest BCUT2D eigenvalue weighted by Gasteiger charge is -2.19. The SMILES string of the molecule is CCCCCNC(=NC)NCC(C)Oc1ccccc1OC.I. The van der Waals surface area contributed by atoms with Crippen LogP contribution in [0.5, 0.6) is 11.5 Å². The van der Waals surface area contributed by atoms with Crippen LogP contribution < -0.4 is 20.1 Å². The fourth-order valence-corrected chi connectivity index (χ4v) is 2.02. The Labute approximate surface area is 157 Å². The van der Waals surface area contributed by atoms with E-state index in [2.05, 4.69) is 22.5 Å². The molecule has 132 valence electrons. The molecule has 0 aliphatic heterocycles. The summed E-state index contributed by atoms with van der Waals surface area (Å²) in [5, 5.41) is 6.58. The molecular weight excluding hydrogens is 405 g/mol. The highest BCUT2D eigenvalue weighted by atomic mass is 127. The molecule has 0 spiro atoms. The number of hydrogen-bond donors (Lipinski definition) is 2. The number of unbranched alkanes of at least 4 members (excludes halogenated alkanes) is 2. The van der Waals surface area contributed by atoms with Gasteiger partial charge < -0.3 is 20.1 Å². The van der Waals surface area contributed by atoms with E-state index < -0.39 is 0 Å². The van der Waals surface area contributed by atoms with Gasteiger partial charge in [0.2, 0.25) is 0 Å². The predicted molar refractivity (Wildman–Crippen MR) is 107 cm³/mol. The lowest BCUT2D eigenvalue weighted by molar-refractivity contribution is 0.213. The van der Waals surface area contributed by atoms with Gasteiger partial charge in [-0.1, -0.05) is 31.9 Å². The van der Waals surface area contributed by atoms with Gasteiger partial charge in [-0.05, 0) is 25.5 Å². The lowest BCUT2D eigenvalue weighted by Crippen LogP contribution is -2.42. The number of nitrogens with zero attached hydrogens (tertiary/aromatic N) is 1. The molecule has 0 amide bonds. The van der Waals surface area contributed by atoms with Crippen molar-refractivity contribution in [3.05, 3.63) is 24.3 Å². The molecule has 2 N–H and O–H groups in total. The van der Waals surface area contributed by atoms with Gasteiger partial charge in [0.1, 0.15) is 6.10 Å². The number of methoxy groups -OCH3 is 1. The van der Waals surface area contributed by atoms with Crippen LogP contribution >= 0.6 is 24.0 Å². The topological polar surface area (TPSA) is 54.9 Å². The zero-order chi connectivity index (χ0) is 16.2. The normalized spacial score (nSPS) is 12.1. The van der Waals surface area contributed by atoms with Crippen LogP contribution in [-0.4, -0.2) is 39.3 Å². The number of halogens is 1. The van der Waals surface area contributed by atoms with Gasteiger partial charge in [0.25, 0.3) is 0 Å². The summed E-state index contributed by atoms with van der Waals surface area (Å²) in [5.41, 5.74) is 0. The zero-order valence-electron chi connectivity index (χ0n) is 14.6. The highest BCUT2D eigenvalue weighted by Crippen LogP contribution is 2.26. The minimum Gasteiger partial charge on any atom is -0.493 e. The Hall–Kier alpha value is -1.18. The minimum absolute atomic E-state index is 0. The highest BCUT2D eigenvalue weighted by Gasteiger charge is 2.09. The van der Waals surface area contributed by atoms with E-state index in [-0.39, 0.29) is 30.1 Å². The fraction of sp³-hybridized carbons (Fsp3) is 0.588. The van der Waals surface area contributed by atoms with Gasteiger partial charge in [-0.15, -0.1) is 24.0 Å². The van der Waals surface area contributed by atoms with E-state index in [4.69, 9.17) is 9.47 Å². The van der Waals surface area contributed by atoms with Crippen molar-refractivity contribution >= 4 is 29.9 Å². The monoisotopic (exact) mass is 435 g/mol. The molecule has 0 aliphatic carbocycles. The number of hydrogen-bond acceptors (Lipinski definition) is 3. The number of para-hydroxylation sites is 2. The molecule has 0 radical (unpaired) electrons. The lowest BCUT2D eigenvalue weighted by atomic mass is 10.2. The van der Waals surface area contributed by atoms with Gasteiger partial charge in [0.15, 0.2) is 17.5 Å². The molecule has 1 unspecified atom stereocenters. The smallest absolute Gasteiger partial charge is 0.191 e. The maximum atomic E-state index is 5.90. The molecule has 0 saturated carbocycles. The Morgan fingerprint density at radius 3 is 2.48 bits per heavy atom. The third kappa shape index (κ3) is 8.88. The number of benzene rings is 1. The summed E-state index contributed by atoms with van der Waals surface area (Å²) in [6, 6.07) is 7.67. The molecule has 0 aromatic heterocycles. The first-order valence-electron chi connectivity index (χ1n) is 7.95. The van der Waals surface area contributed by atoms with Gasteiger partial charge in [0, 0.05) is 13.6 Å². The fourth-order valence-electron chi connectivity index (χ4n) is 2.02.